The molecule has 14 heavy (non-hydrogen) atoms. The van der Waals surface area contributed by atoms with E-state index in [0.29, 0.717) is 0 Å². The lowest BCUT2D eigenvalue weighted by atomic mass is 10.1. The minimum absolute atomic E-state index is 1.12. The largest absolute Gasteiger partial charge is 0.364 e. The highest BCUT2D eigenvalue weighted by Crippen LogP contribution is 2.19. The molecule has 2 heterocycles. The summed E-state index contributed by atoms with van der Waals surface area (Å²) in [6, 6.07) is 6.26. The van der Waals surface area contributed by atoms with Crippen LogP contribution in [-0.4, -0.2) is 9.97 Å². The molecule has 0 atom stereocenters. The molecule has 0 saturated heterocycles. The second kappa shape index (κ2) is 4.09. The van der Waals surface area contributed by atoms with Crippen LogP contribution in [0, 0.1) is 0 Å². The maximum absolute atomic E-state index is 4.00. The molecule has 2 rings (SSSR count). The maximum Gasteiger partial charge on any atom is 0.0273 e. The van der Waals surface area contributed by atoms with Crippen LogP contribution >= 0.6 is 0 Å². The Morgan fingerprint density at radius 3 is 2.71 bits per heavy atom. The molecule has 0 aliphatic heterocycles. The number of hydrogen-bond donors (Lipinski definition) is 1. The fraction of sp³-hybridized carbons (Fsp3) is 0.250. The fourth-order valence-electron chi connectivity index (χ4n) is 1.57. The van der Waals surface area contributed by atoms with E-state index in [0.717, 1.165) is 6.42 Å². The Balaban J connectivity index is 2.25. The van der Waals surface area contributed by atoms with Crippen molar-refractivity contribution in [2.45, 2.75) is 19.8 Å². The molecule has 0 fully saturated rings. The summed E-state index contributed by atoms with van der Waals surface area (Å²) in [5.74, 6) is 0. The number of H-pyrrole nitrogens is 1. The monoisotopic (exact) mass is 186 g/mol. The number of rotatable bonds is 3. The molecule has 0 spiro atoms. The maximum atomic E-state index is 4.00. The summed E-state index contributed by atoms with van der Waals surface area (Å²) in [4.78, 5) is 7.29. The van der Waals surface area contributed by atoms with Gasteiger partial charge in [0.15, 0.2) is 0 Å². The summed E-state index contributed by atoms with van der Waals surface area (Å²) in [5, 5.41) is 0. The van der Waals surface area contributed by atoms with Crippen LogP contribution in [0.2, 0.25) is 0 Å². The first-order valence-electron chi connectivity index (χ1n) is 4.98. The Morgan fingerprint density at radius 2 is 2.00 bits per heavy atom. The predicted octanol–water partition coefficient (Wildman–Crippen LogP) is 3.03. The van der Waals surface area contributed by atoms with Gasteiger partial charge < -0.3 is 4.98 Å². The van der Waals surface area contributed by atoms with Crippen molar-refractivity contribution >= 4 is 0 Å². The minimum atomic E-state index is 1.12. The van der Waals surface area contributed by atoms with E-state index in [1.165, 1.54) is 23.2 Å². The van der Waals surface area contributed by atoms with Gasteiger partial charge in [-0.15, -0.1) is 0 Å². The van der Waals surface area contributed by atoms with Gasteiger partial charge in [-0.25, -0.2) is 0 Å². The van der Waals surface area contributed by atoms with Crippen molar-refractivity contribution in [2.24, 2.45) is 0 Å². The fourth-order valence-corrected chi connectivity index (χ4v) is 1.57. The molecule has 0 unspecified atom stereocenters. The molecular formula is C12H14N2. The number of aromatic amines is 1. The highest BCUT2D eigenvalue weighted by Gasteiger charge is 1.99. The number of aromatic nitrogens is 2. The predicted molar refractivity (Wildman–Crippen MR) is 58.0 cm³/mol. The minimum Gasteiger partial charge on any atom is -0.364 e. The Kier molecular flexibility index (Phi) is 2.63. The summed E-state index contributed by atoms with van der Waals surface area (Å²) < 4.78 is 0. The summed E-state index contributed by atoms with van der Waals surface area (Å²) in [5.41, 5.74) is 3.77. The van der Waals surface area contributed by atoms with Crippen LogP contribution in [0.5, 0.6) is 0 Å². The van der Waals surface area contributed by atoms with E-state index in [1.807, 2.05) is 24.5 Å². The second-order valence-corrected chi connectivity index (χ2v) is 3.40. The van der Waals surface area contributed by atoms with Gasteiger partial charge in [0, 0.05) is 24.3 Å². The number of aryl methyl sites for hydroxylation is 1. The van der Waals surface area contributed by atoms with Gasteiger partial charge in [0.1, 0.15) is 0 Å². The molecule has 0 aromatic carbocycles. The number of pyridine rings is 1. The lowest BCUT2D eigenvalue weighted by Crippen LogP contribution is -1.79. The Bertz CT molecular complexity index is 390. The van der Waals surface area contributed by atoms with Crippen molar-refractivity contribution in [2.75, 3.05) is 0 Å². The van der Waals surface area contributed by atoms with Crippen molar-refractivity contribution in [3.63, 3.8) is 0 Å². The van der Waals surface area contributed by atoms with E-state index in [9.17, 15) is 0 Å². The van der Waals surface area contributed by atoms with Crippen LogP contribution in [0.1, 0.15) is 19.0 Å². The first kappa shape index (κ1) is 9.00. The molecule has 2 heteroatoms. The van der Waals surface area contributed by atoms with Crippen molar-refractivity contribution in [3.05, 3.63) is 42.5 Å². The molecular weight excluding hydrogens is 172 g/mol. The topological polar surface area (TPSA) is 28.7 Å². The number of hydrogen-bond acceptors (Lipinski definition) is 1. The Hall–Kier alpha value is -1.57. The SMILES string of the molecule is CCCc1cc(-c2ccncc2)c[nH]1. The van der Waals surface area contributed by atoms with Crippen LogP contribution in [0.15, 0.2) is 36.8 Å². The van der Waals surface area contributed by atoms with E-state index in [1.54, 1.807) is 0 Å². The van der Waals surface area contributed by atoms with Crippen molar-refractivity contribution in [1.29, 1.82) is 0 Å². The average Bonchev–Trinajstić information content (AvgIpc) is 2.68. The van der Waals surface area contributed by atoms with Gasteiger partial charge in [-0.1, -0.05) is 13.3 Å². The van der Waals surface area contributed by atoms with E-state index in [4.69, 9.17) is 0 Å². The number of nitrogens with zero attached hydrogens (tertiary/aromatic N) is 1. The van der Waals surface area contributed by atoms with Crippen molar-refractivity contribution < 1.29 is 0 Å². The van der Waals surface area contributed by atoms with Gasteiger partial charge in [0.05, 0.1) is 0 Å². The zero-order valence-corrected chi connectivity index (χ0v) is 8.33. The second-order valence-electron chi connectivity index (χ2n) is 3.40. The van der Waals surface area contributed by atoms with Crippen LogP contribution < -0.4 is 0 Å². The highest BCUT2D eigenvalue weighted by molar-refractivity contribution is 5.62. The Labute approximate surface area is 84.0 Å². The first-order valence-corrected chi connectivity index (χ1v) is 4.98. The molecule has 0 amide bonds. The van der Waals surface area contributed by atoms with Crippen LogP contribution in [0.3, 0.4) is 0 Å². The molecule has 0 radical (unpaired) electrons. The van der Waals surface area contributed by atoms with Gasteiger partial charge in [0.2, 0.25) is 0 Å². The smallest absolute Gasteiger partial charge is 0.0273 e. The molecule has 0 aliphatic carbocycles. The van der Waals surface area contributed by atoms with Crippen LogP contribution in [0.4, 0.5) is 0 Å². The summed E-state index contributed by atoms with van der Waals surface area (Å²) in [7, 11) is 0. The lowest BCUT2D eigenvalue weighted by Gasteiger charge is -1.94. The zero-order valence-electron chi connectivity index (χ0n) is 8.33. The van der Waals surface area contributed by atoms with Gasteiger partial charge in [-0.05, 0) is 35.7 Å². The van der Waals surface area contributed by atoms with E-state index in [2.05, 4.69) is 29.2 Å². The summed E-state index contributed by atoms with van der Waals surface area (Å²) in [6.07, 6.45) is 7.99. The lowest BCUT2D eigenvalue weighted by molar-refractivity contribution is 0.892. The molecule has 2 aromatic heterocycles. The third-order valence-corrected chi connectivity index (χ3v) is 2.28. The van der Waals surface area contributed by atoms with E-state index < -0.39 is 0 Å². The number of nitrogens with one attached hydrogen (secondary N) is 1. The van der Waals surface area contributed by atoms with E-state index >= 15 is 0 Å². The van der Waals surface area contributed by atoms with Crippen LogP contribution in [-0.2, 0) is 6.42 Å². The van der Waals surface area contributed by atoms with Crippen molar-refractivity contribution in [3.8, 4) is 11.1 Å². The molecule has 1 N–H and O–H groups in total. The van der Waals surface area contributed by atoms with Gasteiger partial charge in [0.25, 0.3) is 0 Å². The standard InChI is InChI=1S/C12H14N2/c1-2-3-12-8-11(9-14-12)10-4-6-13-7-5-10/h4-9,14H,2-3H2,1H3. The van der Waals surface area contributed by atoms with Gasteiger partial charge in [-0.3, -0.25) is 4.98 Å². The molecule has 2 aromatic rings. The van der Waals surface area contributed by atoms with Gasteiger partial charge >= 0.3 is 0 Å². The first-order chi connectivity index (χ1) is 6.90. The molecule has 0 bridgehead atoms. The summed E-state index contributed by atoms with van der Waals surface area (Å²) >= 11 is 0. The average molecular weight is 186 g/mol. The zero-order chi connectivity index (χ0) is 9.80. The third kappa shape index (κ3) is 1.84. The Morgan fingerprint density at radius 1 is 1.21 bits per heavy atom. The molecule has 0 aliphatic rings. The van der Waals surface area contributed by atoms with Crippen LogP contribution in [0.25, 0.3) is 11.1 Å². The quantitative estimate of drug-likeness (QED) is 0.784. The van der Waals surface area contributed by atoms with E-state index in [-0.39, 0.29) is 0 Å². The molecule has 2 nitrogen and oxygen atoms in total. The van der Waals surface area contributed by atoms with Crippen molar-refractivity contribution in [1.82, 2.24) is 9.97 Å². The van der Waals surface area contributed by atoms with Gasteiger partial charge in [-0.2, -0.15) is 0 Å². The normalized spacial score (nSPS) is 10.4. The highest BCUT2D eigenvalue weighted by atomic mass is 14.7. The third-order valence-electron chi connectivity index (χ3n) is 2.28. The molecule has 0 saturated carbocycles. The summed E-state index contributed by atoms with van der Waals surface area (Å²) in [6.45, 7) is 2.19. The molecule has 72 valence electrons.